The van der Waals surface area contributed by atoms with Crippen LogP contribution in [0.5, 0.6) is 11.5 Å². The van der Waals surface area contributed by atoms with E-state index in [0.717, 1.165) is 5.56 Å². The maximum absolute atomic E-state index is 13.7. The van der Waals surface area contributed by atoms with Gasteiger partial charge < -0.3 is 14.8 Å². The van der Waals surface area contributed by atoms with Gasteiger partial charge in [0, 0.05) is 22.6 Å². The van der Waals surface area contributed by atoms with Crippen molar-refractivity contribution in [3.8, 4) is 11.5 Å². The fraction of sp³-hybridized carbons (Fsp3) is 0.188. The first-order chi connectivity index (χ1) is 10.5. The molecule has 0 saturated carbocycles. The third kappa shape index (κ3) is 3.76. The molecule has 0 spiro atoms. The zero-order valence-electron chi connectivity index (χ0n) is 12.2. The van der Waals surface area contributed by atoms with Crippen molar-refractivity contribution in [3.63, 3.8) is 0 Å². The van der Waals surface area contributed by atoms with E-state index in [0.29, 0.717) is 16.0 Å². The molecule has 0 aromatic heterocycles. The van der Waals surface area contributed by atoms with Crippen LogP contribution in [0.15, 0.2) is 40.9 Å². The summed E-state index contributed by atoms with van der Waals surface area (Å²) < 4.78 is 24.7. The minimum absolute atomic E-state index is 0.0122. The number of rotatable bonds is 5. The van der Waals surface area contributed by atoms with Crippen LogP contribution in [0.1, 0.15) is 15.9 Å². The predicted molar refractivity (Wildman–Crippen MR) is 84.8 cm³/mol. The number of hydrogen-bond acceptors (Lipinski definition) is 3. The predicted octanol–water partition coefficient (Wildman–Crippen LogP) is 3.54. The zero-order chi connectivity index (χ0) is 16.1. The molecule has 0 aliphatic carbocycles. The number of carbonyl (C=O) groups excluding carboxylic acids is 1. The molecule has 0 saturated heterocycles. The third-order valence-corrected chi connectivity index (χ3v) is 3.60. The smallest absolute Gasteiger partial charge is 0.254 e. The maximum atomic E-state index is 13.7. The number of amides is 1. The lowest BCUT2D eigenvalue weighted by atomic mass is 10.1. The molecule has 0 aliphatic rings. The van der Waals surface area contributed by atoms with Gasteiger partial charge in [-0.15, -0.1) is 0 Å². The van der Waals surface area contributed by atoms with Crippen molar-refractivity contribution in [3.05, 3.63) is 57.8 Å². The summed E-state index contributed by atoms with van der Waals surface area (Å²) in [6.07, 6.45) is 0. The molecule has 0 atom stereocenters. The first kappa shape index (κ1) is 16.3. The van der Waals surface area contributed by atoms with Gasteiger partial charge in [0.05, 0.1) is 19.8 Å². The van der Waals surface area contributed by atoms with Gasteiger partial charge in [0.2, 0.25) is 0 Å². The summed E-state index contributed by atoms with van der Waals surface area (Å²) in [5.74, 6) is 0.193. The van der Waals surface area contributed by atoms with Gasteiger partial charge in [-0.2, -0.15) is 0 Å². The van der Waals surface area contributed by atoms with Crippen LogP contribution in [0.2, 0.25) is 0 Å². The van der Waals surface area contributed by atoms with E-state index in [1.165, 1.54) is 19.2 Å². The summed E-state index contributed by atoms with van der Waals surface area (Å²) in [6.45, 7) is 0.220. The Labute approximate surface area is 136 Å². The summed E-state index contributed by atoms with van der Waals surface area (Å²) >= 11 is 3.22. The molecule has 2 aromatic carbocycles. The van der Waals surface area contributed by atoms with Gasteiger partial charge in [-0.25, -0.2) is 4.39 Å². The van der Waals surface area contributed by atoms with Crippen molar-refractivity contribution in [2.24, 2.45) is 0 Å². The Balaban J connectivity index is 2.12. The SMILES string of the molecule is COc1ccc(CNC(=O)c2cc(Br)ccc2F)c(OC)c1. The van der Waals surface area contributed by atoms with E-state index < -0.39 is 11.7 Å². The minimum Gasteiger partial charge on any atom is -0.497 e. The molecule has 0 unspecified atom stereocenters. The largest absolute Gasteiger partial charge is 0.497 e. The number of methoxy groups -OCH3 is 2. The molecule has 1 amide bonds. The van der Waals surface area contributed by atoms with Gasteiger partial charge in [-0.1, -0.05) is 15.9 Å². The van der Waals surface area contributed by atoms with Crippen molar-refractivity contribution < 1.29 is 18.7 Å². The lowest BCUT2D eigenvalue weighted by Crippen LogP contribution is -2.24. The van der Waals surface area contributed by atoms with Crippen LogP contribution in [-0.4, -0.2) is 20.1 Å². The summed E-state index contributed by atoms with van der Waals surface area (Å²) in [7, 11) is 3.10. The first-order valence-corrected chi connectivity index (χ1v) is 7.28. The minimum atomic E-state index is -0.567. The lowest BCUT2D eigenvalue weighted by molar-refractivity contribution is 0.0946. The molecule has 0 bridgehead atoms. The van der Waals surface area contributed by atoms with Crippen LogP contribution < -0.4 is 14.8 Å². The molecule has 1 N–H and O–H groups in total. The fourth-order valence-corrected chi connectivity index (χ4v) is 2.30. The van der Waals surface area contributed by atoms with E-state index in [-0.39, 0.29) is 12.1 Å². The quantitative estimate of drug-likeness (QED) is 0.879. The first-order valence-electron chi connectivity index (χ1n) is 6.49. The molecule has 22 heavy (non-hydrogen) atoms. The van der Waals surface area contributed by atoms with Gasteiger partial charge in [-0.05, 0) is 30.3 Å². The van der Waals surface area contributed by atoms with Crippen molar-refractivity contribution in [1.82, 2.24) is 5.32 Å². The van der Waals surface area contributed by atoms with E-state index in [1.807, 2.05) is 0 Å². The van der Waals surface area contributed by atoms with Crippen LogP contribution >= 0.6 is 15.9 Å². The molecule has 0 radical (unpaired) electrons. The molecule has 116 valence electrons. The molecule has 0 heterocycles. The van der Waals surface area contributed by atoms with Crippen molar-refractivity contribution in [1.29, 1.82) is 0 Å². The van der Waals surface area contributed by atoms with E-state index in [2.05, 4.69) is 21.2 Å². The topological polar surface area (TPSA) is 47.6 Å². The number of ether oxygens (including phenoxy) is 2. The average Bonchev–Trinajstić information content (AvgIpc) is 2.54. The summed E-state index contributed by atoms with van der Waals surface area (Å²) in [5.41, 5.74) is 0.758. The molecule has 2 rings (SSSR count). The number of nitrogens with one attached hydrogen (secondary N) is 1. The molecule has 4 nitrogen and oxygen atoms in total. The van der Waals surface area contributed by atoms with Gasteiger partial charge >= 0.3 is 0 Å². The highest BCUT2D eigenvalue weighted by Crippen LogP contribution is 2.24. The van der Waals surface area contributed by atoms with Gasteiger partial charge in [0.25, 0.3) is 5.91 Å². The Bertz CT molecular complexity index is 691. The van der Waals surface area contributed by atoms with Gasteiger partial charge in [0.15, 0.2) is 0 Å². The molecular formula is C16H15BrFNO3. The summed E-state index contributed by atoms with van der Waals surface area (Å²) in [6, 6.07) is 9.50. The molecule has 2 aromatic rings. The molecular weight excluding hydrogens is 353 g/mol. The number of benzene rings is 2. The second kappa shape index (κ2) is 7.26. The highest BCUT2D eigenvalue weighted by atomic mass is 79.9. The van der Waals surface area contributed by atoms with Crippen LogP contribution in [0.25, 0.3) is 0 Å². The molecule has 0 fully saturated rings. The Morgan fingerprint density at radius 2 is 1.95 bits per heavy atom. The standard InChI is InChI=1S/C16H15BrFNO3/c1-21-12-5-3-10(15(8-12)22-2)9-19-16(20)13-7-11(17)4-6-14(13)18/h3-8H,9H2,1-2H3,(H,19,20). The molecule has 6 heteroatoms. The van der Waals surface area contributed by atoms with Crippen LogP contribution in [-0.2, 0) is 6.54 Å². The zero-order valence-corrected chi connectivity index (χ0v) is 13.7. The van der Waals surface area contributed by atoms with E-state index in [9.17, 15) is 9.18 Å². The van der Waals surface area contributed by atoms with Crippen molar-refractivity contribution in [2.75, 3.05) is 14.2 Å². The normalized spacial score (nSPS) is 10.2. The Kier molecular flexibility index (Phi) is 5.38. The third-order valence-electron chi connectivity index (χ3n) is 3.11. The van der Waals surface area contributed by atoms with Gasteiger partial charge in [-0.3, -0.25) is 4.79 Å². The summed E-state index contributed by atoms with van der Waals surface area (Å²) in [5, 5.41) is 2.67. The van der Waals surface area contributed by atoms with Crippen molar-refractivity contribution >= 4 is 21.8 Å². The average molecular weight is 368 g/mol. The van der Waals surface area contributed by atoms with E-state index >= 15 is 0 Å². The highest BCUT2D eigenvalue weighted by molar-refractivity contribution is 9.10. The van der Waals surface area contributed by atoms with Crippen LogP contribution in [0.4, 0.5) is 4.39 Å². The van der Waals surface area contributed by atoms with Gasteiger partial charge in [0.1, 0.15) is 17.3 Å². The lowest BCUT2D eigenvalue weighted by Gasteiger charge is -2.11. The molecule has 0 aliphatic heterocycles. The summed E-state index contributed by atoms with van der Waals surface area (Å²) in [4.78, 5) is 12.1. The van der Waals surface area contributed by atoms with E-state index in [4.69, 9.17) is 9.47 Å². The Morgan fingerprint density at radius 3 is 2.64 bits per heavy atom. The monoisotopic (exact) mass is 367 g/mol. The number of hydrogen-bond donors (Lipinski definition) is 1. The maximum Gasteiger partial charge on any atom is 0.254 e. The highest BCUT2D eigenvalue weighted by Gasteiger charge is 2.13. The van der Waals surface area contributed by atoms with Crippen LogP contribution in [0.3, 0.4) is 0 Å². The van der Waals surface area contributed by atoms with Crippen LogP contribution in [0, 0.1) is 5.82 Å². The second-order valence-electron chi connectivity index (χ2n) is 4.48. The number of carbonyl (C=O) groups is 1. The fourth-order valence-electron chi connectivity index (χ4n) is 1.94. The Hall–Kier alpha value is -2.08. The van der Waals surface area contributed by atoms with E-state index in [1.54, 1.807) is 31.4 Å². The number of halogens is 2. The Morgan fingerprint density at radius 1 is 1.18 bits per heavy atom. The second-order valence-corrected chi connectivity index (χ2v) is 5.40. The van der Waals surface area contributed by atoms with Crippen molar-refractivity contribution in [2.45, 2.75) is 6.54 Å².